The second-order valence-corrected chi connectivity index (χ2v) is 5.31. The van der Waals surface area contributed by atoms with Gasteiger partial charge >= 0.3 is 6.18 Å². The van der Waals surface area contributed by atoms with Crippen molar-refractivity contribution in [3.05, 3.63) is 41.7 Å². The molecule has 0 aliphatic carbocycles. The van der Waals surface area contributed by atoms with E-state index in [0.717, 1.165) is 30.2 Å². The zero-order valence-corrected chi connectivity index (χ0v) is 12.7. The molecule has 2 aromatic rings. The Bertz CT molecular complexity index is 838. The monoisotopic (exact) mass is 357 g/mol. The lowest BCUT2D eigenvalue weighted by molar-refractivity contribution is -0.138. The van der Waals surface area contributed by atoms with E-state index in [1.54, 1.807) is 0 Å². The fourth-order valence-electron chi connectivity index (χ4n) is 1.92. The highest BCUT2D eigenvalue weighted by molar-refractivity contribution is 5.96. The molecule has 2 N–H and O–H groups in total. The Labute approximate surface area is 138 Å². The Morgan fingerprint density at radius 2 is 2.12 bits per heavy atom. The minimum Gasteiger partial charge on any atom is -0.378 e. The predicted molar refractivity (Wildman–Crippen MR) is 75.4 cm³/mol. The average Bonchev–Trinajstić information content (AvgIpc) is 2.90. The SMILES string of the molecule is C[C@](O)(Cn1cc(F)cn1)C(=O)Nc1cnc(C#N)c(C(F)(F)F)c1. The average molecular weight is 357 g/mol. The van der Waals surface area contributed by atoms with E-state index in [4.69, 9.17) is 5.26 Å². The van der Waals surface area contributed by atoms with Crippen LogP contribution in [0.2, 0.25) is 0 Å². The maximum Gasteiger partial charge on any atom is 0.419 e. The van der Waals surface area contributed by atoms with Crippen LogP contribution in [0.1, 0.15) is 18.2 Å². The first kappa shape index (κ1) is 18.3. The van der Waals surface area contributed by atoms with Gasteiger partial charge in [0.05, 0.1) is 36.4 Å². The van der Waals surface area contributed by atoms with E-state index >= 15 is 0 Å². The number of aromatic nitrogens is 3. The Morgan fingerprint density at radius 3 is 2.64 bits per heavy atom. The first-order chi connectivity index (χ1) is 11.5. The van der Waals surface area contributed by atoms with Gasteiger partial charge < -0.3 is 10.4 Å². The van der Waals surface area contributed by atoms with E-state index in [0.29, 0.717) is 6.07 Å². The number of carbonyl (C=O) groups excluding carboxylic acids is 1. The smallest absolute Gasteiger partial charge is 0.378 e. The number of nitriles is 1. The molecule has 0 aliphatic rings. The van der Waals surface area contributed by atoms with Gasteiger partial charge in [-0.05, 0) is 13.0 Å². The van der Waals surface area contributed by atoms with E-state index in [1.807, 2.05) is 0 Å². The number of rotatable bonds is 4. The molecule has 132 valence electrons. The van der Waals surface area contributed by atoms with Crippen molar-refractivity contribution in [2.45, 2.75) is 25.2 Å². The number of anilines is 1. The van der Waals surface area contributed by atoms with Crippen LogP contribution in [-0.4, -0.2) is 31.4 Å². The summed E-state index contributed by atoms with van der Waals surface area (Å²) in [6, 6.07) is 1.84. The third-order valence-corrected chi connectivity index (χ3v) is 3.12. The van der Waals surface area contributed by atoms with Crippen LogP contribution in [0, 0.1) is 17.1 Å². The number of aliphatic hydroxyl groups is 1. The van der Waals surface area contributed by atoms with E-state index in [1.165, 1.54) is 6.07 Å². The van der Waals surface area contributed by atoms with Gasteiger partial charge in [-0.1, -0.05) is 0 Å². The van der Waals surface area contributed by atoms with E-state index in [-0.39, 0.29) is 5.69 Å². The molecule has 7 nitrogen and oxygen atoms in total. The molecule has 1 amide bonds. The van der Waals surface area contributed by atoms with Gasteiger partial charge in [0.2, 0.25) is 0 Å². The molecular formula is C14H11F4N5O2. The highest BCUT2D eigenvalue weighted by atomic mass is 19.4. The lowest BCUT2D eigenvalue weighted by atomic mass is 10.1. The van der Waals surface area contributed by atoms with Crippen molar-refractivity contribution in [2.75, 3.05) is 5.32 Å². The van der Waals surface area contributed by atoms with Crippen LogP contribution in [0.5, 0.6) is 0 Å². The summed E-state index contributed by atoms with van der Waals surface area (Å²) >= 11 is 0. The zero-order valence-electron chi connectivity index (χ0n) is 12.7. The number of halogens is 4. The highest BCUT2D eigenvalue weighted by Crippen LogP contribution is 2.32. The van der Waals surface area contributed by atoms with Crippen molar-refractivity contribution >= 4 is 11.6 Å². The molecule has 25 heavy (non-hydrogen) atoms. The first-order valence-corrected chi connectivity index (χ1v) is 6.72. The van der Waals surface area contributed by atoms with Crippen molar-refractivity contribution in [2.24, 2.45) is 0 Å². The second kappa shape index (κ2) is 6.48. The number of pyridine rings is 1. The lowest BCUT2D eigenvalue weighted by Crippen LogP contribution is -2.43. The molecule has 0 unspecified atom stereocenters. The molecule has 0 saturated carbocycles. The largest absolute Gasteiger partial charge is 0.419 e. The van der Waals surface area contributed by atoms with Crippen molar-refractivity contribution in [1.82, 2.24) is 14.8 Å². The number of nitrogens with one attached hydrogen (secondary N) is 1. The zero-order chi connectivity index (χ0) is 18.8. The minimum atomic E-state index is -4.84. The summed E-state index contributed by atoms with van der Waals surface area (Å²) in [7, 11) is 0. The van der Waals surface area contributed by atoms with Gasteiger partial charge in [0.25, 0.3) is 5.91 Å². The van der Waals surface area contributed by atoms with Gasteiger partial charge in [-0.15, -0.1) is 0 Å². The molecule has 1 atom stereocenters. The second-order valence-electron chi connectivity index (χ2n) is 5.31. The fraction of sp³-hybridized carbons (Fsp3) is 0.286. The molecular weight excluding hydrogens is 346 g/mol. The summed E-state index contributed by atoms with van der Waals surface area (Å²) in [6.07, 6.45) is -2.18. The van der Waals surface area contributed by atoms with Crippen molar-refractivity contribution in [1.29, 1.82) is 5.26 Å². The summed E-state index contributed by atoms with van der Waals surface area (Å²) in [4.78, 5) is 15.4. The van der Waals surface area contributed by atoms with Crippen LogP contribution in [0.3, 0.4) is 0 Å². The molecule has 0 bridgehead atoms. The lowest BCUT2D eigenvalue weighted by Gasteiger charge is -2.22. The van der Waals surface area contributed by atoms with Gasteiger partial charge in [-0.2, -0.15) is 23.5 Å². The molecule has 2 heterocycles. The predicted octanol–water partition coefficient (Wildman–Crippen LogP) is 1.70. The Morgan fingerprint density at radius 1 is 1.44 bits per heavy atom. The Kier molecular flexibility index (Phi) is 4.75. The number of hydrogen-bond donors (Lipinski definition) is 2. The van der Waals surface area contributed by atoms with Crippen LogP contribution >= 0.6 is 0 Å². The van der Waals surface area contributed by atoms with Crippen molar-refractivity contribution < 1.29 is 27.5 Å². The first-order valence-electron chi connectivity index (χ1n) is 6.72. The number of hydrogen-bond acceptors (Lipinski definition) is 5. The van der Waals surface area contributed by atoms with Crippen LogP contribution in [0.4, 0.5) is 23.2 Å². The third kappa shape index (κ3) is 4.30. The third-order valence-electron chi connectivity index (χ3n) is 3.12. The fourth-order valence-corrected chi connectivity index (χ4v) is 1.92. The van der Waals surface area contributed by atoms with Gasteiger partial charge in [-0.25, -0.2) is 9.37 Å². The van der Waals surface area contributed by atoms with Crippen LogP contribution in [0.15, 0.2) is 24.7 Å². The standard InChI is InChI=1S/C14H11F4N5O2/c1-13(25,7-23-6-8(15)4-21-23)12(24)22-9-2-10(14(16,17)18)11(3-19)20-5-9/h2,4-6,25H,7H2,1H3,(H,22,24)/t13-/m0/s1. The molecule has 0 fully saturated rings. The van der Waals surface area contributed by atoms with Crippen LogP contribution in [-0.2, 0) is 17.5 Å². The normalized spacial score (nSPS) is 13.8. The maximum atomic E-state index is 12.9. The van der Waals surface area contributed by atoms with Crippen molar-refractivity contribution in [3.63, 3.8) is 0 Å². The van der Waals surface area contributed by atoms with Crippen LogP contribution in [0.25, 0.3) is 0 Å². The molecule has 0 aliphatic heterocycles. The number of carbonyl (C=O) groups is 1. The molecule has 0 aromatic carbocycles. The number of nitrogens with zero attached hydrogens (tertiary/aromatic N) is 4. The summed E-state index contributed by atoms with van der Waals surface area (Å²) in [5, 5.41) is 24.5. The molecule has 0 spiro atoms. The summed E-state index contributed by atoms with van der Waals surface area (Å²) < 4.78 is 52.5. The van der Waals surface area contributed by atoms with E-state index < -0.39 is 41.3 Å². The van der Waals surface area contributed by atoms with Gasteiger partial charge in [0, 0.05) is 0 Å². The molecule has 11 heteroatoms. The summed E-state index contributed by atoms with van der Waals surface area (Å²) in [5.41, 5.74) is -4.61. The highest BCUT2D eigenvalue weighted by Gasteiger charge is 2.36. The maximum absolute atomic E-state index is 12.9. The van der Waals surface area contributed by atoms with Gasteiger partial charge in [0.1, 0.15) is 6.07 Å². The topological polar surface area (TPSA) is 104 Å². The van der Waals surface area contributed by atoms with E-state index in [2.05, 4.69) is 15.4 Å². The summed E-state index contributed by atoms with van der Waals surface area (Å²) in [6.45, 7) is 0.655. The van der Waals surface area contributed by atoms with Gasteiger partial charge in [-0.3, -0.25) is 9.48 Å². The Balaban J connectivity index is 2.21. The number of alkyl halides is 3. The molecule has 2 rings (SSSR count). The minimum absolute atomic E-state index is 0.358. The number of amides is 1. The van der Waals surface area contributed by atoms with Crippen molar-refractivity contribution in [3.8, 4) is 6.07 Å². The molecule has 0 radical (unpaired) electrons. The van der Waals surface area contributed by atoms with Crippen LogP contribution < -0.4 is 5.32 Å². The quantitative estimate of drug-likeness (QED) is 0.811. The molecule has 0 saturated heterocycles. The summed E-state index contributed by atoms with van der Waals surface area (Å²) in [5.74, 6) is -1.73. The molecule has 2 aromatic heterocycles. The Hall–Kier alpha value is -3.00. The van der Waals surface area contributed by atoms with Gasteiger partial charge in [0.15, 0.2) is 17.1 Å². The van der Waals surface area contributed by atoms with E-state index in [9.17, 15) is 27.5 Å².